The summed E-state index contributed by atoms with van der Waals surface area (Å²) in [6, 6.07) is 10.8. The second-order valence-electron chi connectivity index (χ2n) is 6.02. The molecule has 1 amide bonds. The highest BCUT2D eigenvalue weighted by molar-refractivity contribution is 5.78. The highest BCUT2D eigenvalue weighted by Crippen LogP contribution is 2.11. The fourth-order valence-electron chi connectivity index (χ4n) is 2.66. The second kappa shape index (κ2) is 8.15. The van der Waals surface area contributed by atoms with Crippen molar-refractivity contribution in [2.75, 3.05) is 26.7 Å². The average molecular weight is 289 g/mol. The minimum absolute atomic E-state index is 0.192. The van der Waals surface area contributed by atoms with Gasteiger partial charge in [0.2, 0.25) is 5.91 Å². The Hall–Kier alpha value is -1.39. The third-order valence-corrected chi connectivity index (χ3v) is 4.31. The first-order chi connectivity index (χ1) is 10.2. The van der Waals surface area contributed by atoms with Gasteiger partial charge in [-0.25, -0.2) is 0 Å². The molecular weight excluding hydrogens is 262 g/mol. The Labute approximate surface area is 127 Å². The highest BCUT2D eigenvalue weighted by atomic mass is 16.1. The van der Waals surface area contributed by atoms with E-state index in [1.807, 2.05) is 6.07 Å². The van der Waals surface area contributed by atoms with E-state index in [2.05, 4.69) is 53.8 Å². The zero-order chi connectivity index (χ0) is 15.1. The molecule has 4 nitrogen and oxygen atoms in total. The zero-order valence-corrected chi connectivity index (χ0v) is 13.1. The molecule has 0 aliphatic carbocycles. The first kappa shape index (κ1) is 16.0. The lowest BCUT2D eigenvalue weighted by Crippen LogP contribution is -2.44. The fourth-order valence-corrected chi connectivity index (χ4v) is 2.66. The molecule has 1 aromatic carbocycles. The Morgan fingerprint density at radius 1 is 1.33 bits per heavy atom. The number of amides is 1. The van der Waals surface area contributed by atoms with Crippen molar-refractivity contribution in [1.82, 2.24) is 15.5 Å². The molecule has 4 heteroatoms. The second-order valence-corrected chi connectivity index (χ2v) is 6.02. The molecule has 1 atom stereocenters. The molecule has 1 heterocycles. The van der Waals surface area contributed by atoms with Crippen molar-refractivity contribution >= 4 is 5.91 Å². The van der Waals surface area contributed by atoms with Crippen molar-refractivity contribution in [3.05, 3.63) is 35.9 Å². The zero-order valence-electron chi connectivity index (χ0n) is 13.1. The van der Waals surface area contributed by atoms with Crippen LogP contribution in [-0.2, 0) is 11.3 Å². The number of nitrogens with one attached hydrogen (secondary N) is 2. The van der Waals surface area contributed by atoms with Crippen LogP contribution in [0.1, 0.15) is 25.3 Å². The van der Waals surface area contributed by atoms with Crippen molar-refractivity contribution in [1.29, 1.82) is 0 Å². The molecule has 1 unspecified atom stereocenters. The summed E-state index contributed by atoms with van der Waals surface area (Å²) in [5.41, 5.74) is 1.30. The van der Waals surface area contributed by atoms with E-state index >= 15 is 0 Å². The lowest BCUT2D eigenvalue weighted by atomic mass is 9.97. The van der Waals surface area contributed by atoms with Gasteiger partial charge < -0.3 is 10.6 Å². The maximum Gasteiger partial charge on any atom is 0.223 e. The molecule has 1 aliphatic rings. The Morgan fingerprint density at radius 2 is 2.00 bits per heavy atom. The average Bonchev–Trinajstić information content (AvgIpc) is 2.54. The van der Waals surface area contributed by atoms with Crippen molar-refractivity contribution in [2.45, 2.75) is 32.4 Å². The minimum Gasteiger partial charge on any atom is -0.354 e. The van der Waals surface area contributed by atoms with Gasteiger partial charge in [-0.15, -0.1) is 0 Å². The minimum atomic E-state index is 0.192. The summed E-state index contributed by atoms with van der Waals surface area (Å²) in [6.07, 6.45) is 1.92. The number of carbonyl (C=O) groups excluding carboxylic acids is 1. The topological polar surface area (TPSA) is 44.4 Å². The number of hydrogen-bond acceptors (Lipinski definition) is 3. The van der Waals surface area contributed by atoms with Crippen LogP contribution in [0.15, 0.2) is 30.3 Å². The number of rotatable bonds is 6. The normalized spacial score (nSPS) is 17.7. The molecule has 1 aromatic rings. The third-order valence-electron chi connectivity index (χ3n) is 4.31. The van der Waals surface area contributed by atoms with Gasteiger partial charge >= 0.3 is 0 Å². The Kier molecular flexibility index (Phi) is 6.21. The Balaban J connectivity index is 1.73. The SMILES string of the molecule is CC(CNC(=O)C1CCNCC1)N(C)Cc1ccccc1. The van der Waals surface area contributed by atoms with Crippen molar-refractivity contribution in [2.24, 2.45) is 5.92 Å². The summed E-state index contributed by atoms with van der Waals surface area (Å²) in [5, 5.41) is 6.40. The number of likely N-dealkylation sites (N-methyl/N-ethyl adjacent to an activating group) is 1. The monoisotopic (exact) mass is 289 g/mol. The lowest BCUT2D eigenvalue weighted by molar-refractivity contribution is -0.125. The Morgan fingerprint density at radius 3 is 2.67 bits per heavy atom. The van der Waals surface area contributed by atoms with E-state index in [0.717, 1.165) is 32.5 Å². The van der Waals surface area contributed by atoms with Crippen LogP contribution >= 0.6 is 0 Å². The van der Waals surface area contributed by atoms with Gasteiger partial charge in [-0.1, -0.05) is 30.3 Å². The number of carbonyl (C=O) groups is 1. The molecule has 0 bridgehead atoms. The summed E-state index contributed by atoms with van der Waals surface area (Å²) < 4.78 is 0. The predicted molar refractivity (Wildman–Crippen MR) is 86.0 cm³/mol. The molecule has 0 radical (unpaired) electrons. The van der Waals surface area contributed by atoms with Crippen molar-refractivity contribution in [3.8, 4) is 0 Å². The van der Waals surface area contributed by atoms with E-state index in [9.17, 15) is 4.79 Å². The molecule has 116 valence electrons. The third kappa shape index (κ3) is 5.14. The molecule has 1 saturated heterocycles. The van der Waals surface area contributed by atoms with Gasteiger partial charge in [0.15, 0.2) is 0 Å². The van der Waals surface area contributed by atoms with Gasteiger partial charge in [0.1, 0.15) is 0 Å². The smallest absolute Gasteiger partial charge is 0.223 e. The van der Waals surface area contributed by atoms with E-state index in [1.165, 1.54) is 5.56 Å². The summed E-state index contributed by atoms with van der Waals surface area (Å²) in [4.78, 5) is 14.4. The van der Waals surface area contributed by atoms with Crippen LogP contribution in [0.3, 0.4) is 0 Å². The number of nitrogens with zero attached hydrogens (tertiary/aromatic N) is 1. The first-order valence-electron chi connectivity index (χ1n) is 7.89. The van der Waals surface area contributed by atoms with Crippen LogP contribution in [0.5, 0.6) is 0 Å². The van der Waals surface area contributed by atoms with E-state index in [1.54, 1.807) is 0 Å². The number of piperidine rings is 1. The largest absolute Gasteiger partial charge is 0.354 e. The molecule has 21 heavy (non-hydrogen) atoms. The first-order valence-corrected chi connectivity index (χ1v) is 7.89. The predicted octanol–water partition coefficient (Wildman–Crippen LogP) is 1.62. The van der Waals surface area contributed by atoms with Gasteiger partial charge in [0.25, 0.3) is 0 Å². The lowest BCUT2D eigenvalue weighted by Gasteiger charge is -2.27. The fraction of sp³-hybridized carbons (Fsp3) is 0.588. The molecule has 2 N–H and O–H groups in total. The van der Waals surface area contributed by atoms with Gasteiger partial charge in [-0.2, -0.15) is 0 Å². The van der Waals surface area contributed by atoms with Crippen LogP contribution in [0.2, 0.25) is 0 Å². The van der Waals surface area contributed by atoms with Crippen molar-refractivity contribution < 1.29 is 4.79 Å². The molecular formula is C17H27N3O. The molecule has 0 spiro atoms. The van der Waals surface area contributed by atoms with Gasteiger partial charge in [-0.05, 0) is 45.5 Å². The maximum atomic E-state index is 12.1. The van der Waals surface area contributed by atoms with Crippen LogP contribution in [-0.4, -0.2) is 43.5 Å². The van der Waals surface area contributed by atoms with Gasteiger partial charge in [-0.3, -0.25) is 9.69 Å². The molecule has 0 aromatic heterocycles. The van der Waals surface area contributed by atoms with E-state index in [0.29, 0.717) is 12.6 Å². The Bertz CT molecular complexity index is 429. The molecule has 1 fully saturated rings. The standard InChI is InChI=1S/C17H27N3O/c1-14(20(2)13-15-6-4-3-5-7-15)12-19-17(21)16-8-10-18-11-9-16/h3-7,14,16,18H,8-13H2,1-2H3,(H,19,21). The highest BCUT2D eigenvalue weighted by Gasteiger charge is 2.21. The molecule has 1 aliphatic heterocycles. The number of benzene rings is 1. The van der Waals surface area contributed by atoms with Crippen LogP contribution in [0.25, 0.3) is 0 Å². The van der Waals surface area contributed by atoms with E-state index in [-0.39, 0.29) is 11.8 Å². The summed E-state index contributed by atoms with van der Waals surface area (Å²) in [7, 11) is 2.11. The summed E-state index contributed by atoms with van der Waals surface area (Å²) in [6.45, 7) is 5.70. The number of hydrogen-bond donors (Lipinski definition) is 2. The molecule has 0 saturated carbocycles. The maximum absolute atomic E-state index is 12.1. The van der Waals surface area contributed by atoms with Crippen LogP contribution in [0, 0.1) is 5.92 Å². The van der Waals surface area contributed by atoms with Crippen molar-refractivity contribution in [3.63, 3.8) is 0 Å². The van der Waals surface area contributed by atoms with Gasteiger partial charge in [0, 0.05) is 25.0 Å². The van der Waals surface area contributed by atoms with Crippen LogP contribution in [0.4, 0.5) is 0 Å². The quantitative estimate of drug-likeness (QED) is 0.836. The van der Waals surface area contributed by atoms with Crippen LogP contribution < -0.4 is 10.6 Å². The summed E-state index contributed by atoms with van der Waals surface area (Å²) in [5.74, 6) is 0.411. The van der Waals surface area contributed by atoms with Gasteiger partial charge in [0.05, 0.1) is 0 Å². The molecule has 2 rings (SSSR count). The van der Waals surface area contributed by atoms with E-state index in [4.69, 9.17) is 0 Å². The van der Waals surface area contributed by atoms with E-state index < -0.39 is 0 Å². The summed E-state index contributed by atoms with van der Waals surface area (Å²) >= 11 is 0.